The van der Waals surface area contributed by atoms with Crippen LogP contribution in [0.1, 0.15) is 24.7 Å². The number of fused-ring (bicyclic) bond motifs is 1. The molecule has 0 N–H and O–H groups in total. The summed E-state index contributed by atoms with van der Waals surface area (Å²) < 4.78 is 4.26. The summed E-state index contributed by atoms with van der Waals surface area (Å²) in [6, 6.07) is 14.1. The average molecular weight is 351 g/mol. The second-order valence-corrected chi connectivity index (χ2v) is 6.51. The van der Waals surface area contributed by atoms with Crippen molar-refractivity contribution < 1.29 is 0 Å². The molecule has 5 heteroatoms. The van der Waals surface area contributed by atoms with Crippen LogP contribution < -0.4 is 0 Å². The molecule has 0 radical (unpaired) electrons. The molecule has 0 aliphatic rings. The monoisotopic (exact) mass is 350 g/mol. The van der Waals surface area contributed by atoms with E-state index in [-0.39, 0.29) is 0 Å². The summed E-state index contributed by atoms with van der Waals surface area (Å²) in [5.74, 6) is 0.957. The number of nitrogens with zero attached hydrogens (tertiary/aromatic N) is 4. The van der Waals surface area contributed by atoms with E-state index in [2.05, 4.69) is 33.0 Å². The molecule has 0 unspecified atom stereocenters. The number of hydrogen-bond acceptors (Lipinski definition) is 2. The molecule has 4 aromatic rings. The smallest absolute Gasteiger partial charge is 0.140 e. The van der Waals surface area contributed by atoms with Crippen LogP contribution in [-0.2, 0) is 13.0 Å². The lowest BCUT2D eigenvalue weighted by atomic mass is 10.2. The molecule has 0 fully saturated rings. The van der Waals surface area contributed by atoms with Crippen molar-refractivity contribution in [1.29, 1.82) is 0 Å². The van der Waals surface area contributed by atoms with E-state index in [0.29, 0.717) is 6.54 Å². The maximum atomic E-state index is 6.18. The lowest BCUT2D eigenvalue weighted by Gasteiger charge is -2.08. The van der Waals surface area contributed by atoms with Gasteiger partial charge in [-0.05, 0) is 18.6 Å². The van der Waals surface area contributed by atoms with Gasteiger partial charge in [-0.25, -0.2) is 9.97 Å². The molecule has 0 aliphatic carbocycles. The predicted octanol–water partition coefficient (Wildman–Crippen LogP) is 4.85. The van der Waals surface area contributed by atoms with Crippen molar-refractivity contribution in [3.8, 4) is 11.4 Å². The van der Waals surface area contributed by atoms with Crippen LogP contribution in [-0.4, -0.2) is 18.9 Å². The second-order valence-electron chi connectivity index (χ2n) is 6.08. The van der Waals surface area contributed by atoms with E-state index < -0.39 is 0 Å². The molecule has 3 heterocycles. The third-order valence-electron chi connectivity index (χ3n) is 4.32. The summed E-state index contributed by atoms with van der Waals surface area (Å²) in [7, 11) is 0. The van der Waals surface area contributed by atoms with Crippen LogP contribution in [0.3, 0.4) is 0 Å². The van der Waals surface area contributed by atoms with Gasteiger partial charge in [0.05, 0.1) is 17.3 Å². The molecular weight excluding hydrogens is 332 g/mol. The summed E-state index contributed by atoms with van der Waals surface area (Å²) in [6.45, 7) is 2.87. The lowest BCUT2D eigenvalue weighted by Crippen LogP contribution is -2.05. The zero-order chi connectivity index (χ0) is 17.2. The quantitative estimate of drug-likeness (QED) is 0.515. The fraction of sp³-hybridized carbons (Fsp3) is 0.200. The topological polar surface area (TPSA) is 35.1 Å². The van der Waals surface area contributed by atoms with Gasteiger partial charge in [0.15, 0.2) is 0 Å². The molecule has 1 aromatic carbocycles. The van der Waals surface area contributed by atoms with Crippen molar-refractivity contribution >= 4 is 17.2 Å². The van der Waals surface area contributed by atoms with Gasteiger partial charge in [0.1, 0.15) is 11.5 Å². The molecule has 3 aromatic heterocycles. The Hall–Kier alpha value is -2.59. The van der Waals surface area contributed by atoms with Gasteiger partial charge in [-0.15, -0.1) is 0 Å². The molecule has 4 nitrogen and oxygen atoms in total. The molecule has 4 rings (SSSR count). The Morgan fingerprint density at radius 2 is 1.92 bits per heavy atom. The summed E-state index contributed by atoms with van der Waals surface area (Å²) in [5.41, 5.74) is 4.33. The Bertz CT molecular complexity index is 1000. The zero-order valence-corrected chi connectivity index (χ0v) is 14.8. The fourth-order valence-electron chi connectivity index (χ4n) is 3.19. The number of halogens is 1. The Morgan fingerprint density at radius 1 is 1.08 bits per heavy atom. The standard InChI is InChI=1S/C20H19ClN4/c1-2-6-18-17(23-19-10-9-16(21)13-25(18)19)14-24-12-11-22-20(24)15-7-4-3-5-8-15/h3-5,7-13H,2,6,14H2,1H3. The maximum Gasteiger partial charge on any atom is 0.140 e. The predicted molar refractivity (Wildman–Crippen MR) is 101 cm³/mol. The highest BCUT2D eigenvalue weighted by Gasteiger charge is 2.14. The van der Waals surface area contributed by atoms with E-state index in [1.807, 2.05) is 48.9 Å². The summed E-state index contributed by atoms with van der Waals surface area (Å²) in [6.07, 6.45) is 7.82. The van der Waals surface area contributed by atoms with E-state index in [4.69, 9.17) is 16.6 Å². The van der Waals surface area contributed by atoms with Crippen LogP contribution in [0.5, 0.6) is 0 Å². The van der Waals surface area contributed by atoms with Crippen molar-refractivity contribution in [3.63, 3.8) is 0 Å². The van der Waals surface area contributed by atoms with Crippen molar-refractivity contribution in [2.24, 2.45) is 0 Å². The van der Waals surface area contributed by atoms with E-state index in [1.165, 1.54) is 5.69 Å². The molecule has 0 saturated carbocycles. The summed E-state index contributed by atoms with van der Waals surface area (Å²) in [5, 5.41) is 0.724. The number of aryl methyl sites for hydroxylation is 1. The van der Waals surface area contributed by atoms with E-state index >= 15 is 0 Å². The van der Waals surface area contributed by atoms with Gasteiger partial charge < -0.3 is 8.97 Å². The number of rotatable bonds is 5. The first kappa shape index (κ1) is 15.9. The van der Waals surface area contributed by atoms with Gasteiger partial charge in [0, 0.05) is 29.8 Å². The van der Waals surface area contributed by atoms with Crippen molar-refractivity contribution in [1.82, 2.24) is 18.9 Å². The van der Waals surface area contributed by atoms with Crippen LogP contribution in [0.25, 0.3) is 17.0 Å². The van der Waals surface area contributed by atoms with Gasteiger partial charge in [-0.2, -0.15) is 0 Å². The minimum atomic E-state index is 0.693. The van der Waals surface area contributed by atoms with Gasteiger partial charge in [0.2, 0.25) is 0 Å². The molecule has 0 bridgehead atoms. The minimum Gasteiger partial charge on any atom is -0.325 e. The molecule has 0 amide bonds. The number of hydrogen-bond donors (Lipinski definition) is 0. The van der Waals surface area contributed by atoms with Gasteiger partial charge >= 0.3 is 0 Å². The first-order valence-corrected chi connectivity index (χ1v) is 8.86. The highest BCUT2D eigenvalue weighted by molar-refractivity contribution is 6.30. The number of pyridine rings is 1. The van der Waals surface area contributed by atoms with E-state index in [1.54, 1.807) is 0 Å². The third kappa shape index (κ3) is 3.05. The maximum absolute atomic E-state index is 6.18. The van der Waals surface area contributed by atoms with Crippen LogP contribution in [0.15, 0.2) is 61.1 Å². The normalized spacial score (nSPS) is 11.3. The van der Waals surface area contributed by atoms with Gasteiger partial charge in [0.25, 0.3) is 0 Å². The van der Waals surface area contributed by atoms with Crippen molar-refractivity contribution in [2.45, 2.75) is 26.3 Å². The van der Waals surface area contributed by atoms with Gasteiger partial charge in [-0.1, -0.05) is 55.3 Å². The summed E-state index contributed by atoms with van der Waals surface area (Å²) in [4.78, 5) is 9.37. The minimum absolute atomic E-state index is 0.693. The Kier molecular flexibility index (Phi) is 4.28. The van der Waals surface area contributed by atoms with Crippen molar-refractivity contribution in [3.05, 3.63) is 77.5 Å². The van der Waals surface area contributed by atoms with Crippen LogP contribution in [0, 0.1) is 0 Å². The lowest BCUT2D eigenvalue weighted by molar-refractivity contribution is 0.759. The highest BCUT2D eigenvalue weighted by atomic mass is 35.5. The molecule has 0 atom stereocenters. The first-order chi connectivity index (χ1) is 12.3. The third-order valence-corrected chi connectivity index (χ3v) is 4.54. The fourth-order valence-corrected chi connectivity index (χ4v) is 3.35. The zero-order valence-electron chi connectivity index (χ0n) is 14.1. The molecular formula is C20H19ClN4. The second kappa shape index (κ2) is 6.73. The van der Waals surface area contributed by atoms with E-state index in [9.17, 15) is 0 Å². The van der Waals surface area contributed by atoms with E-state index in [0.717, 1.165) is 40.6 Å². The van der Waals surface area contributed by atoms with Crippen molar-refractivity contribution in [2.75, 3.05) is 0 Å². The number of aromatic nitrogens is 4. The number of benzene rings is 1. The first-order valence-electron chi connectivity index (χ1n) is 8.48. The van der Waals surface area contributed by atoms with Crippen LogP contribution in [0.4, 0.5) is 0 Å². The Morgan fingerprint density at radius 3 is 2.72 bits per heavy atom. The molecule has 0 spiro atoms. The highest BCUT2D eigenvalue weighted by Crippen LogP contribution is 2.22. The Balaban J connectivity index is 1.77. The molecule has 0 aliphatic heterocycles. The SMILES string of the molecule is CCCc1c(Cn2ccnc2-c2ccccc2)nc2ccc(Cl)cn12. The van der Waals surface area contributed by atoms with Crippen LogP contribution in [0.2, 0.25) is 5.02 Å². The average Bonchev–Trinajstić information content (AvgIpc) is 3.22. The van der Waals surface area contributed by atoms with Crippen LogP contribution >= 0.6 is 11.6 Å². The van der Waals surface area contributed by atoms with Gasteiger partial charge in [-0.3, -0.25) is 0 Å². The molecule has 126 valence electrons. The molecule has 0 saturated heterocycles. The number of imidazole rings is 2. The molecule has 25 heavy (non-hydrogen) atoms. The largest absolute Gasteiger partial charge is 0.325 e. The summed E-state index contributed by atoms with van der Waals surface area (Å²) >= 11 is 6.18. The Labute approximate surface area is 151 Å².